The van der Waals surface area contributed by atoms with Crippen LogP contribution in [0.3, 0.4) is 0 Å². The van der Waals surface area contributed by atoms with Crippen molar-refractivity contribution < 1.29 is 18.7 Å². The average molecular weight is 422 g/mol. The third-order valence-electron chi connectivity index (χ3n) is 6.34. The monoisotopic (exact) mass is 421 g/mol. The van der Waals surface area contributed by atoms with E-state index in [2.05, 4.69) is 0 Å². The second kappa shape index (κ2) is 10.4. The van der Waals surface area contributed by atoms with Crippen molar-refractivity contribution in [2.45, 2.75) is 64.6 Å². The molecule has 6 nitrogen and oxygen atoms in total. The van der Waals surface area contributed by atoms with Crippen molar-refractivity contribution in [2.75, 3.05) is 27.2 Å². The van der Waals surface area contributed by atoms with Crippen LogP contribution in [0, 0.1) is 11.2 Å². The number of carbonyl (C=O) groups is 2. The van der Waals surface area contributed by atoms with Gasteiger partial charge in [-0.3, -0.25) is 9.59 Å². The van der Waals surface area contributed by atoms with Gasteiger partial charge in [0.2, 0.25) is 5.91 Å². The highest BCUT2D eigenvalue weighted by Gasteiger charge is 2.53. The molecular weight excluding hydrogens is 385 g/mol. The van der Waals surface area contributed by atoms with Gasteiger partial charge in [0.15, 0.2) is 0 Å². The van der Waals surface area contributed by atoms with Crippen LogP contribution in [0.1, 0.15) is 58.1 Å². The molecule has 3 atom stereocenters. The minimum atomic E-state index is -0.820. The Bertz CT molecular complexity index is 734. The van der Waals surface area contributed by atoms with Crippen LogP contribution < -0.4 is 5.73 Å². The van der Waals surface area contributed by atoms with Crippen molar-refractivity contribution in [3.05, 3.63) is 35.6 Å². The molecule has 1 aliphatic heterocycles. The fraction of sp³-hybridized carbons (Fsp3) is 0.652. The number of amides is 1. The molecule has 1 aromatic carbocycles. The molecule has 1 aliphatic rings. The zero-order chi connectivity index (χ0) is 22.5. The fourth-order valence-corrected chi connectivity index (χ4v) is 4.55. The Balaban J connectivity index is 2.41. The van der Waals surface area contributed by atoms with Gasteiger partial charge in [-0.15, -0.1) is 0 Å². The number of carbonyl (C=O) groups excluding carboxylic acids is 2. The third kappa shape index (κ3) is 5.01. The minimum Gasteiger partial charge on any atom is -0.464 e. The van der Waals surface area contributed by atoms with Crippen molar-refractivity contribution >= 4 is 11.9 Å². The summed E-state index contributed by atoms with van der Waals surface area (Å²) in [4.78, 5) is 30.1. The summed E-state index contributed by atoms with van der Waals surface area (Å²) < 4.78 is 19.5. The van der Waals surface area contributed by atoms with Gasteiger partial charge in [0, 0.05) is 12.6 Å². The number of halogens is 1. The normalized spacial score (nSPS) is 20.5. The van der Waals surface area contributed by atoms with E-state index in [0.717, 1.165) is 5.56 Å². The van der Waals surface area contributed by atoms with E-state index >= 15 is 0 Å². The van der Waals surface area contributed by atoms with Crippen molar-refractivity contribution in [3.63, 3.8) is 0 Å². The smallest absolute Gasteiger partial charge is 0.314 e. The quantitative estimate of drug-likeness (QED) is 0.620. The number of hydrogen-bond donors (Lipinski definition) is 1. The molecule has 168 valence electrons. The molecule has 0 bridgehead atoms. The molecule has 1 fully saturated rings. The summed E-state index contributed by atoms with van der Waals surface area (Å²) in [6.07, 6.45) is 2.39. The highest BCUT2D eigenvalue weighted by Crippen LogP contribution is 2.47. The Morgan fingerprint density at radius 2 is 1.97 bits per heavy atom. The summed E-state index contributed by atoms with van der Waals surface area (Å²) in [6.45, 7) is 6.50. The maximum Gasteiger partial charge on any atom is 0.314 e. The Labute approximate surface area is 179 Å². The van der Waals surface area contributed by atoms with Gasteiger partial charge < -0.3 is 20.3 Å². The summed E-state index contributed by atoms with van der Waals surface area (Å²) in [5.74, 6) is -0.842. The highest BCUT2D eigenvalue weighted by atomic mass is 19.1. The van der Waals surface area contributed by atoms with Crippen LogP contribution in [-0.4, -0.2) is 61.0 Å². The largest absolute Gasteiger partial charge is 0.464 e. The van der Waals surface area contributed by atoms with Crippen molar-refractivity contribution in [1.82, 2.24) is 9.80 Å². The zero-order valence-electron chi connectivity index (χ0n) is 18.9. The molecule has 0 saturated carbocycles. The first-order chi connectivity index (χ1) is 14.2. The first-order valence-electron chi connectivity index (χ1n) is 10.8. The van der Waals surface area contributed by atoms with E-state index in [4.69, 9.17) is 10.5 Å². The molecule has 1 heterocycles. The van der Waals surface area contributed by atoms with Crippen LogP contribution in [-0.2, 0) is 14.3 Å². The molecule has 1 aromatic rings. The summed E-state index contributed by atoms with van der Waals surface area (Å²) >= 11 is 0. The molecule has 30 heavy (non-hydrogen) atoms. The molecule has 0 unspecified atom stereocenters. The lowest BCUT2D eigenvalue weighted by atomic mass is 9.74. The fourth-order valence-electron chi connectivity index (χ4n) is 4.55. The number of likely N-dealkylation sites (N-methyl/N-ethyl adjacent to an activating group) is 1. The Morgan fingerprint density at radius 3 is 2.50 bits per heavy atom. The molecule has 1 amide bonds. The number of ether oxygens (including phenoxy) is 1. The zero-order valence-corrected chi connectivity index (χ0v) is 18.9. The minimum absolute atomic E-state index is 0.223. The van der Waals surface area contributed by atoms with Gasteiger partial charge in [-0.25, -0.2) is 4.39 Å². The van der Waals surface area contributed by atoms with Crippen LogP contribution >= 0.6 is 0 Å². The molecule has 0 aromatic heterocycles. The molecule has 2 N–H and O–H groups in total. The number of nitrogens with zero attached hydrogens (tertiary/aromatic N) is 2. The molecule has 7 heteroatoms. The van der Waals surface area contributed by atoms with Crippen molar-refractivity contribution in [2.24, 2.45) is 11.1 Å². The number of hydrogen-bond acceptors (Lipinski definition) is 5. The first-order valence-corrected chi connectivity index (χ1v) is 10.8. The van der Waals surface area contributed by atoms with Crippen LogP contribution in [0.5, 0.6) is 0 Å². The maximum absolute atomic E-state index is 13.9. The predicted molar refractivity (Wildman–Crippen MR) is 115 cm³/mol. The van der Waals surface area contributed by atoms with E-state index in [9.17, 15) is 14.0 Å². The summed E-state index contributed by atoms with van der Waals surface area (Å²) in [5, 5.41) is 0. The Hall–Kier alpha value is -1.99. The summed E-state index contributed by atoms with van der Waals surface area (Å²) in [6, 6.07) is 4.96. The number of rotatable bonds is 9. The lowest BCUT2D eigenvalue weighted by molar-refractivity contribution is -0.163. The number of esters is 1. The molecule has 0 aliphatic carbocycles. The van der Waals surface area contributed by atoms with Crippen LogP contribution in [0.15, 0.2) is 24.3 Å². The van der Waals surface area contributed by atoms with E-state index in [1.165, 1.54) is 12.1 Å². The van der Waals surface area contributed by atoms with Crippen molar-refractivity contribution in [3.8, 4) is 0 Å². The van der Waals surface area contributed by atoms with Gasteiger partial charge in [0.05, 0.1) is 17.5 Å². The second-order valence-corrected chi connectivity index (χ2v) is 8.50. The van der Waals surface area contributed by atoms with Gasteiger partial charge in [-0.1, -0.05) is 26.0 Å². The molecule has 0 spiro atoms. The number of nitrogens with two attached hydrogens (primary N) is 1. The number of benzene rings is 1. The lowest BCUT2D eigenvalue weighted by Gasteiger charge is -2.42. The SMILES string of the molecule is CCC(CC)(C(=O)OCCN(C)C)[C@H]1CC[C@@H](c2cccc(F)c2)N1C(=O)[C@@H](C)N. The third-order valence-corrected chi connectivity index (χ3v) is 6.34. The van der Waals surface area contributed by atoms with E-state index in [0.29, 0.717) is 38.8 Å². The van der Waals surface area contributed by atoms with Crippen molar-refractivity contribution in [1.29, 1.82) is 0 Å². The van der Waals surface area contributed by atoms with E-state index in [1.807, 2.05) is 38.9 Å². The molecule has 2 rings (SSSR count). The summed E-state index contributed by atoms with van der Waals surface area (Å²) in [5.41, 5.74) is 5.89. The first kappa shape index (κ1) is 24.3. The second-order valence-electron chi connectivity index (χ2n) is 8.50. The number of likely N-dealkylation sites (tertiary alicyclic amines) is 1. The topological polar surface area (TPSA) is 75.9 Å². The standard InChI is InChI=1S/C23H36FN3O3/c1-6-23(7-2,22(29)30-14-13-26(4)5)20-12-11-19(27(20)21(28)16(3)25)17-9-8-10-18(24)15-17/h8-10,15-16,19-20H,6-7,11-14,25H2,1-5H3/t16-,19+,20-/m1/s1. The molecular formula is C23H36FN3O3. The van der Waals surface area contributed by atoms with E-state index in [1.54, 1.807) is 17.9 Å². The van der Waals surface area contributed by atoms with Crippen LogP contribution in [0.4, 0.5) is 4.39 Å². The van der Waals surface area contributed by atoms with Gasteiger partial charge >= 0.3 is 5.97 Å². The Morgan fingerprint density at radius 1 is 1.30 bits per heavy atom. The van der Waals surface area contributed by atoms with E-state index < -0.39 is 11.5 Å². The van der Waals surface area contributed by atoms with Gasteiger partial charge in [0.25, 0.3) is 0 Å². The summed E-state index contributed by atoms with van der Waals surface area (Å²) in [7, 11) is 3.84. The molecule has 0 radical (unpaired) electrons. The predicted octanol–water partition coefficient (Wildman–Crippen LogP) is 3.12. The average Bonchev–Trinajstić information content (AvgIpc) is 3.14. The van der Waals surface area contributed by atoms with Crippen LogP contribution in [0.2, 0.25) is 0 Å². The lowest BCUT2D eigenvalue weighted by Crippen LogP contribution is -2.55. The van der Waals surface area contributed by atoms with Gasteiger partial charge in [-0.2, -0.15) is 0 Å². The van der Waals surface area contributed by atoms with Crippen LogP contribution in [0.25, 0.3) is 0 Å². The maximum atomic E-state index is 13.9. The van der Waals surface area contributed by atoms with Gasteiger partial charge in [-0.05, 0) is 64.4 Å². The van der Waals surface area contributed by atoms with Gasteiger partial charge in [0.1, 0.15) is 12.4 Å². The molecule has 1 saturated heterocycles. The Kier molecular flexibility index (Phi) is 8.38. The van der Waals surface area contributed by atoms with E-state index in [-0.39, 0.29) is 29.8 Å². The highest BCUT2D eigenvalue weighted by molar-refractivity contribution is 5.84.